The van der Waals surface area contributed by atoms with Crippen LogP contribution in [0, 0.1) is 12.3 Å². The summed E-state index contributed by atoms with van der Waals surface area (Å²) >= 11 is 1.47. The van der Waals surface area contributed by atoms with Crippen LogP contribution in [0.15, 0.2) is 0 Å². The van der Waals surface area contributed by atoms with Crippen LogP contribution >= 0.6 is 18.8 Å². The summed E-state index contributed by atoms with van der Waals surface area (Å²) in [5, 5.41) is 4.62. The molecule has 0 aromatic heterocycles. The standard InChI is InChI=1S/C11H18FN.C8H18NP.ClH.Ir/c12-10-6-4-9(5-7-10)11-3-1-2-8-13-11;1-9(2)7-3-5-8(10)6-4-7;;/h4,9-11H,1-3,5-8H2;7-8H,3-6,10H2,1-2H3;1H;/q-2;;;+3/p-1. The predicted molar refractivity (Wildman–Crippen MR) is 108 cm³/mol. The Morgan fingerprint density at radius 2 is 1.72 bits per heavy atom. The van der Waals surface area contributed by atoms with Gasteiger partial charge in [0.05, 0.1) is 6.17 Å². The van der Waals surface area contributed by atoms with Crippen LogP contribution in [-0.4, -0.2) is 49.5 Å². The molecule has 0 aromatic rings. The van der Waals surface area contributed by atoms with Crippen LogP contribution < -0.4 is 0 Å². The number of piperidine rings is 1. The first-order valence-corrected chi connectivity index (χ1v) is 13.4. The van der Waals surface area contributed by atoms with Crippen molar-refractivity contribution >= 4 is 18.8 Å². The fourth-order valence-corrected chi connectivity index (χ4v) is 4.45. The van der Waals surface area contributed by atoms with E-state index in [1.807, 2.05) is 0 Å². The SMILES string of the molecule is CN(C)C1CCC(P)CC1.FC1C[CH-]C(C2CCCC[N-]2)CC1.[Cl][Ir+2]. The monoisotopic (exact) mass is 570 g/mol. The van der Waals surface area contributed by atoms with Crippen LogP contribution in [0.2, 0.25) is 0 Å². The second-order valence-corrected chi connectivity index (χ2v) is 8.75. The summed E-state index contributed by atoms with van der Waals surface area (Å²) in [7, 11) is 12.0. The average molecular weight is 570 g/mol. The molecule has 0 amide bonds. The van der Waals surface area contributed by atoms with Gasteiger partial charge in [-0.15, -0.1) is 22.2 Å². The van der Waals surface area contributed by atoms with Gasteiger partial charge >= 0.3 is 27.5 Å². The molecule has 0 bridgehead atoms. The number of rotatable bonds is 2. The van der Waals surface area contributed by atoms with Crippen molar-refractivity contribution in [2.24, 2.45) is 5.92 Å². The van der Waals surface area contributed by atoms with Gasteiger partial charge in [0.2, 0.25) is 0 Å². The molecule has 3 fully saturated rings. The van der Waals surface area contributed by atoms with Crippen LogP contribution in [0.1, 0.15) is 64.2 Å². The summed E-state index contributed by atoms with van der Waals surface area (Å²) in [5.74, 6) is 0.590. The maximum absolute atomic E-state index is 12.9. The van der Waals surface area contributed by atoms with E-state index in [1.54, 1.807) is 0 Å². The number of alkyl halides is 1. The first kappa shape index (κ1) is 24.3. The number of halogens is 2. The molecule has 2 saturated carbocycles. The summed E-state index contributed by atoms with van der Waals surface area (Å²) in [5.41, 5.74) is 0.899. The molecule has 0 aromatic carbocycles. The number of hydrogen-bond acceptors (Lipinski definition) is 1. The molecule has 4 atom stereocenters. The minimum atomic E-state index is -0.570. The molecule has 6 heteroatoms. The molecule has 0 radical (unpaired) electrons. The Morgan fingerprint density at radius 3 is 2.20 bits per heavy atom. The summed E-state index contributed by atoms with van der Waals surface area (Å²) in [6.07, 6.45) is 13.4. The third-order valence-corrected chi connectivity index (χ3v) is 6.41. The number of nitrogens with zero attached hydrogens (tertiary/aromatic N) is 2. The number of hydrogen-bond donors (Lipinski definition) is 0. The van der Waals surface area contributed by atoms with Crippen LogP contribution in [0.4, 0.5) is 4.39 Å². The third-order valence-electron chi connectivity index (χ3n) is 5.75. The van der Waals surface area contributed by atoms with Gasteiger partial charge in [0, 0.05) is 6.04 Å². The Hall–Kier alpha value is 1.22. The molecule has 1 saturated heterocycles. The van der Waals surface area contributed by atoms with Crippen molar-refractivity contribution in [1.82, 2.24) is 4.90 Å². The third kappa shape index (κ3) is 9.82. The zero-order valence-corrected chi connectivity index (χ0v) is 20.1. The van der Waals surface area contributed by atoms with Gasteiger partial charge in [0.15, 0.2) is 0 Å². The maximum atomic E-state index is 12.9. The van der Waals surface area contributed by atoms with E-state index in [1.165, 1.54) is 62.8 Å². The summed E-state index contributed by atoms with van der Waals surface area (Å²) in [6.45, 7) is 1.04. The van der Waals surface area contributed by atoms with E-state index in [2.05, 4.69) is 49.6 Å². The van der Waals surface area contributed by atoms with Crippen molar-refractivity contribution in [2.75, 3.05) is 20.6 Å². The second-order valence-electron chi connectivity index (χ2n) is 7.81. The van der Waals surface area contributed by atoms with Gasteiger partial charge in [-0.05, 0) is 51.9 Å². The molecule has 3 aliphatic rings. The van der Waals surface area contributed by atoms with Gasteiger partial charge in [-0.25, -0.2) is 0 Å². The molecule has 4 unspecified atom stereocenters. The fraction of sp³-hybridized carbons (Fsp3) is 0.947. The quantitative estimate of drug-likeness (QED) is 0.309. The van der Waals surface area contributed by atoms with Gasteiger partial charge in [0.1, 0.15) is 0 Å². The van der Waals surface area contributed by atoms with E-state index in [9.17, 15) is 4.39 Å². The molecule has 3 rings (SSSR count). The van der Waals surface area contributed by atoms with E-state index in [0.717, 1.165) is 31.1 Å². The van der Waals surface area contributed by atoms with E-state index in [-0.39, 0.29) is 0 Å². The van der Waals surface area contributed by atoms with Gasteiger partial charge in [-0.2, -0.15) is 12.0 Å². The van der Waals surface area contributed by atoms with E-state index < -0.39 is 6.17 Å². The van der Waals surface area contributed by atoms with E-state index >= 15 is 0 Å². The van der Waals surface area contributed by atoms with Gasteiger partial charge in [0.25, 0.3) is 0 Å². The Morgan fingerprint density at radius 1 is 1.04 bits per heavy atom. The molecule has 2 nitrogen and oxygen atoms in total. The van der Waals surface area contributed by atoms with Crippen molar-refractivity contribution in [2.45, 2.75) is 88.1 Å². The summed E-state index contributed by atoms with van der Waals surface area (Å²) in [6, 6.07) is 1.39. The molecule has 0 N–H and O–H groups in total. The molecule has 1 heterocycles. The van der Waals surface area contributed by atoms with Gasteiger partial charge in [-0.1, -0.05) is 25.7 Å². The molecular weight excluding hydrogens is 534 g/mol. The Labute approximate surface area is 172 Å². The average Bonchev–Trinajstić information content (AvgIpc) is 2.66. The minimum absolute atomic E-state index is 0.529. The van der Waals surface area contributed by atoms with Crippen molar-refractivity contribution < 1.29 is 22.3 Å². The normalized spacial score (nSPS) is 35.9. The molecule has 25 heavy (non-hydrogen) atoms. The Bertz CT molecular complexity index is 317. The molecule has 150 valence electrons. The van der Waals surface area contributed by atoms with Crippen LogP contribution in [-0.2, 0) is 17.9 Å². The molecule has 2 aliphatic carbocycles. The van der Waals surface area contributed by atoms with Gasteiger partial charge in [-0.3, -0.25) is 4.39 Å². The van der Waals surface area contributed by atoms with Crippen molar-refractivity contribution in [3.8, 4) is 0 Å². The van der Waals surface area contributed by atoms with Crippen molar-refractivity contribution in [3.05, 3.63) is 11.7 Å². The fourth-order valence-electron chi connectivity index (χ4n) is 4.06. The van der Waals surface area contributed by atoms with Crippen LogP contribution in [0.5, 0.6) is 0 Å². The van der Waals surface area contributed by atoms with Crippen LogP contribution in [0.25, 0.3) is 5.32 Å². The summed E-state index contributed by atoms with van der Waals surface area (Å²) in [4.78, 5) is 2.36. The van der Waals surface area contributed by atoms with E-state index in [0.29, 0.717) is 18.4 Å². The molecular formula is C19H36ClFIrN2P. The first-order valence-electron chi connectivity index (χ1n) is 9.75. The van der Waals surface area contributed by atoms with Crippen LogP contribution in [0.3, 0.4) is 0 Å². The van der Waals surface area contributed by atoms with Crippen molar-refractivity contribution in [3.63, 3.8) is 0 Å². The van der Waals surface area contributed by atoms with Gasteiger partial charge < -0.3 is 16.6 Å². The van der Waals surface area contributed by atoms with E-state index in [4.69, 9.17) is 0 Å². The topological polar surface area (TPSA) is 17.3 Å². The Balaban J connectivity index is 0.000000235. The predicted octanol–water partition coefficient (Wildman–Crippen LogP) is 5.68. The Kier molecular flexibility index (Phi) is 13.8. The zero-order chi connectivity index (χ0) is 18.7. The first-order chi connectivity index (χ1) is 12.1. The second kappa shape index (κ2) is 14.3. The molecule has 1 aliphatic heterocycles. The van der Waals surface area contributed by atoms with Crippen molar-refractivity contribution in [1.29, 1.82) is 0 Å². The molecule has 0 spiro atoms. The summed E-state index contributed by atoms with van der Waals surface area (Å²) < 4.78 is 12.9. The zero-order valence-electron chi connectivity index (χ0n) is 15.8.